The zero-order chi connectivity index (χ0) is 21.8. The molecule has 2 aliphatic rings. The lowest BCUT2D eigenvalue weighted by molar-refractivity contribution is 0.0933. The molecule has 3 heterocycles. The van der Waals surface area contributed by atoms with E-state index >= 15 is 0 Å². The Morgan fingerprint density at radius 3 is 2.55 bits per heavy atom. The molecule has 1 unspecified atom stereocenters. The molecule has 0 saturated carbocycles. The van der Waals surface area contributed by atoms with Crippen LogP contribution in [0.4, 0.5) is 5.95 Å². The van der Waals surface area contributed by atoms with Gasteiger partial charge in [-0.25, -0.2) is 18.4 Å². The van der Waals surface area contributed by atoms with E-state index in [0.717, 1.165) is 38.6 Å². The quantitative estimate of drug-likeness (QED) is 0.762. The molecule has 0 spiro atoms. The van der Waals surface area contributed by atoms with Crippen molar-refractivity contribution in [3.05, 3.63) is 47.8 Å². The summed E-state index contributed by atoms with van der Waals surface area (Å²) in [6.07, 6.45) is 8.01. The largest absolute Gasteiger partial charge is 0.348 e. The van der Waals surface area contributed by atoms with Gasteiger partial charge in [-0.05, 0) is 56.4 Å². The second kappa shape index (κ2) is 9.32. The maximum absolute atomic E-state index is 13.1. The monoisotopic (exact) mass is 443 g/mol. The number of aryl methyl sites for hydroxylation is 1. The van der Waals surface area contributed by atoms with Crippen LogP contribution in [0.3, 0.4) is 0 Å². The number of benzene rings is 1. The van der Waals surface area contributed by atoms with Gasteiger partial charge in [0.05, 0.1) is 4.90 Å². The molecule has 1 amide bonds. The minimum Gasteiger partial charge on any atom is -0.348 e. The fraction of sp³-hybridized carbons (Fsp3) is 0.500. The number of sulfonamides is 1. The average Bonchev–Trinajstić information content (AvgIpc) is 2.80. The van der Waals surface area contributed by atoms with Crippen molar-refractivity contribution >= 4 is 21.9 Å². The van der Waals surface area contributed by atoms with Gasteiger partial charge in [0.2, 0.25) is 16.0 Å². The Hall–Kier alpha value is -2.52. The van der Waals surface area contributed by atoms with Gasteiger partial charge in [0.1, 0.15) is 0 Å². The maximum atomic E-state index is 13.1. The normalized spacial score (nSPS) is 20.4. The van der Waals surface area contributed by atoms with Crippen LogP contribution in [0.1, 0.15) is 48.0 Å². The van der Waals surface area contributed by atoms with Crippen LogP contribution < -0.4 is 10.2 Å². The third-order valence-electron chi connectivity index (χ3n) is 5.97. The van der Waals surface area contributed by atoms with E-state index in [9.17, 15) is 13.2 Å². The van der Waals surface area contributed by atoms with Crippen molar-refractivity contribution < 1.29 is 13.2 Å². The Labute approximate surface area is 183 Å². The average molecular weight is 444 g/mol. The molecular weight excluding hydrogens is 414 g/mol. The van der Waals surface area contributed by atoms with Gasteiger partial charge < -0.3 is 10.2 Å². The number of hydrogen-bond donors (Lipinski definition) is 1. The molecule has 31 heavy (non-hydrogen) atoms. The van der Waals surface area contributed by atoms with Crippen LogP contribution in [0.2, 0.25) is 0 Å². The first-order chi connectivity index (χ1) is 14.9. The summed E-state index contributed by atoms with van der Waals surface area (Å²) in [7, 11) is -3.60. The van der Waals surface area contributed by atoms with Crippen LogP contribution in [0, 0.1) is 6.92 Å². The standard InChI is InChI=1S/C22H29N5O3S/c1-17-8-9-18(15-20(17)31(29,30)27-13-3-2-4-14-27)21(28)25-19-7-5-12-26(16-19)22-23-10-6-11-24-22/h6,8-11,15,19H,2-5,7,12-14,16H2,1H3,(H,25,28). The second-order valence-electron chi connectivity index (χ2n) is 8.25. The predicted molar refractivity (Wildman–Crippen MR) is 119 cm³/mol. The molecule has 4 rings (SSSR count). The molecule has 8 nitrogen and oxygen atoms in total. The Morgan fingerprint density at radius 2 is 1.81 bits per heavy atom. The van der Waals surface area contributed by atoms with Crippen LogP contribution in [0.5, 0.6) is 0 Å². The first-order valence-corrected chi connectivity index (χ1v) is 12.3. The summed E-state index contributed by atoms with van der Waals surface area (Å²) in [6, 6.07) is 6.67. The van der Waals surface area contributed by atoms with Gasteiger partial charge in [0.15, 0.2) is 0 Å². The number of piperidine rings is 2. The number of nitrogens with one attached hydrogen (secondary N) is 1. The molecule has 0 aliphatic carbocycles. The number of anilines is 1. The molecule has 1 atom stereocenters. The highest BCUT2D eigenvalue weighted by molar-refractivity contribution is 7.89. The molecule has 9 heteroatoms. The minimum absolute atomic E-state index is 0.0477. The van der Waals surface area contributed by atoms with Crippen LogP contribution in [0.15, 0.2) is 41.6 Å². The Kier molecular flexibility index (Phi) is 6.52. The van der Waals surface area contributed by atoms with Crippen LogP contribution >= 0.6 is 0 Å². The molecule has 0 radical (unpaired) electrons. The molecule has 2 aromatic rings. The zero-order valence-electron chi connectivity index (χ0n) is 17.8. The third-order valence-corrected chi connectivity index (χ3v) is 8.02. The lowest BCUT2D eigenvalue weighted by Gasteiger charge is -2.33. The molecule has 2 saturated heterocycles. The van der Waals surface area contributed by atoms with Crippen LogP contribution in [0.25, 0.3) is 0 Å². The molecule has 2 fully saturated rings. The maximum Gasteiger partial charge on any atom is 0.251 e. The number of nitrogens with zero attached hydrogens (tertiary/aromatic N) is 4. The summed E-state index contributed by atoms with van der Waals surface area (Å²) in [6.45, 7) is 4.33. The van der Waals surface area contributed by atoms with Gasteiger partial charge in [-0.15, -0.1) is 0 Å². The number of carbonyl (C=O) groups is 1. The van der Waals surface area contributed by atoms with E-state index in [1.54, 1.807) is 41.8 Å². The Morgan fingerprint density at radius 1 is 1.06 bits per heavy atom. The number of rotatable bonds is 5. The summed E-state index contributed by atoms with van der Waals surface area (Å²) in [5, 5.41) is 3.07. The lowest BCUT2D eigenvalue weighted by atomic mass is 10.0. The molecule has 1 aromatic carbocycles. The van der Waals surface area contributed by atoms with Crippen LogP contribution in [-0.2, 0) is 10.0 Å². The van der Waals surface area contributed by atoms with E-state index in [-0.39, 0.29) is 16.8 Å². The number of amides is 1. The first kappa shape index (κ1) is 21.7. The minimum atomic E-state index is -3.60. The third kappa shape index (κ3) is 4.88. The molecular formula is C22H29N5O3S. The van der Waals surface area contributed by atoms with Crippen molar-refractivity contribution in [2.24, 2.45) is 0 Å². The topological polar surface area (TPSA) is 95.5 Å². The first-order valence-electron chi connectivity index (χ1n) is 10.9. The van der Waals surface area contributed by atoms with Gasteiger partial charge >= 0.3 is 0 Å². The van der Waals surface area contributed by atoms with Crippen LogP contribution in [-0.4, -0.2) is 60.8 Å². The number of carbonyl (C=O) groups excluding carboxylic acids is 1. The Bertz CT molecular complexity index is 1020. The van der Waals surface area contributed by atoms with Crippen molar-refractivity contribution in [2.45, 2.75) is 50.0 Å². The predicted octanol–water partition coefficient (Wildman–Crippen LogP) is 2.36. The van der Waals surface area contributed by atoms with Gasteiger partial charge in [0, 0.05) is 50.2 Å². The summed E-state index contributed by atoms with van der Waals surface area (Å²) < 4.78 is 27.8. The van der Waals surface area contributed by atoms with E-state index in [4.69, 9.17) is 0 Å². The smallest absolute Gasteiger partial charge is 0.251 e. The molecule has 166 valence electrons. The van der Waals surface area contributed by atoms with Crippen molar-refractivity contribution in [3.63, 3.8) is 0 Å². The van der Waals surface area contributed by atoms with E-state index in [0.29, 0.717) is 36.7 Å². The van der Waals surface area contributed by atoms with Gasteiger partial charge in [-0.3, -0.25) is 4.79 Å². The van der Waals surface area contributed by atoms with Gasteiger partial charge in [-0.2, -0.15) is 4.31 Å². The summed E-state index contributed by atoms with van der Waals surface area (Å²) >= 11 is 0. The van der Waals surface area contributed by atoms with E-state index in [1.807, 2.05) is 0 Å². The summed E-state index contributed by atoms with van der Waals surface area (Å²) in [4.78, 5) is 23.8. The van der Waals surface area contributed by atoms with Gasteiger partial charge in [0.25, 0.3) is 5.91 Å². The highest BCUT2D eigenvalue weighted by atomic mass is 32.2. The fourth-order valence-corrected chi connectivity index (χ4v) is 6.03. The molecule has 2 aliphatic heterocycles. The highest BCUT2D eigenvalue weighted by Crippen LogP contribution is 2.25. The van der Waals surface area contributed by atoms with Gasteiger partial charge in [-0.1, -0.05) is 12.5 Å². The molecule has 0 bridgehead atoms. The fourth-order valence-electron chi connectivity index (χ4n) is 4.26. The van der Waals surface area contributed by atoms with Crippen molar-refractivity contribution in [1.29, 1.82) is 0 Å². The van der Waals surface area contributed by atoms with E-state index in [2.05, 4.69) is 20.2 Å². The van der Waals surface area contributed by atoms with E-state index < -0.39 is 10.0 Å². The second-order valence-corrected chi connectivity index (χ2v) is 10.2. The SMILES string of the molecule is Cc1ccc(C(=O)NC2CCCN(c3ncccn3)C2)cc1S(=O)(=O)N1CCCCC1. The number of aromatic nitrogens is 2. The molecule has 1 N–H and O–H groups in total. The molecule has 1 aromatic heterocycles. The lowest BCUT2D eigenvalue weighted by Crippen LogP contribution is -2.48. The summed E-state index contributed by atoms with van der Waals surface area (Å²) in [5.41, 5.74) is 1.03. The van der Waals surface area contributed by atoms with Crippen molar-refractivity contribution in [2.75, 3.05) is 31.1 Å². The summed E-state index contributed by atoms with van der Waals surface area (Å²) in [5.74, 6) is 0.405. The highest BCUT2D eigenvalue weighted by Gasteiger charge is 2.29. The zero-order valence-corrected chi connectivity index (χ0v) is 18.6. The van der Waals surface area contributed by atoms with Crippen molar-refractivity contribution in [1.82, 2.24) is 19.6 Å². The Balaban J connectivity index is 1.48. The van der Waals surface area contributed by atoms with E-state index in [1.165, 1.54) is 6.07 Å². The van der Waals surface area contributed by atoms with Crippen molar-refractivity contribution in [3.8, 4) is 0 Å². The number of hydrogen-bond acceptors (Lipinski definition) is 6.